The molecule has 0 aliphatic carbocycles. The first kappa shape index (κ1) is 26.1. The van der Waals surface area contributed by atoms with Crippen molar-refractivity contribution < 1.29 is 27.4 Å². The van der Waals surface area contributed by atoms with Crippen LogP contribution in [0.25, 0.3) is 0 Å². The number of nitrogens with one attached hydrogen (secondary N) is 1. The summed E-state index contributed by atoms with van der Waals surface area (Å²) in [6.07, 6.45) is -4.49. The molecular weight excluding hydrogens is 493 g/mol. The molecule has 0 radical (unpaired) electrons. The lowest BCUT2D eigenvalue weighted by atomic mass is 9.94. The van der Waals surface area contributed by atoms with E-state index in [0.717, 1.165) is 17.7 Å². The van der Waals surface area contributed by atoms with Crippen molar-refractivity contribution in [3.05, 3.63) is 87.9 Å². The Labute approximate surface area is 213 Å². The van der Waals surface area contributed by atoms with Gasteiger partial charge in [0.15, 0.2) is 11.5 Å². The van der Waals surface area contributed by atoms with E-state index < -0.39 is 17.8 Å². The third-order valence-electron chi connectivity index (χ3n) is 6.16. The Morgan fingerprint density at radius 3 is 2.17 bits per heavy atom. The van der Waals surface area contributed by atoms with Gasteiger partial charge in [-0.3, -0.25) is 4.90 Å². The van der Waals surface area contributed by atoms with E-state index in [1.165, 1.54) is 20.3 Å². The second-order valence-electron chi connectivity index (χ2n) is 8.45. The molecule has 3 aromatic carbocycles. The summed E-state index contributed by atoms with van der Waals surface area (Å²) in [6.45, 7) is 2.98. The predicted molar refractivity (Wildman–Crippen MR) is 133 cm³/mol. The van der Waals surface area contributed by atoms with Gasteiger partial charge in [-0.25, -0.2) is 0 Å². The van der Waals surface area contributed by atoms with Gasteiger partial charge in [0.25, 0.3) is 0 Å². The minimum atomic E-state index is -4.49. The lowest BCUT2D eigenvalue weighted by Gasteiger charge is -2.36. The van der Waals surface area contributed by atoms with Gasteiger partial charge in [0.2, 0.25) is 5.75 Å². The molecule has 0 bridgehead atoms. The number of benzene rings is 3. The van der Waals surface area contributed by atoms with Crippen molar-refractivity contribution in [2.24, 2.45) is 0 Å². The molecule has 1 aliphatic heterocycles. The third kappa shape index (κ3) is 5.88. The lowest BCUT2D eigenvalue weighted by Crippen LogP contribution is -2.45. The molecule has 1 atom stereocenters. The summed E-state index contributed by atoms with van der Waals surface area (Å²) in [5.74, 6) is 1.26. The van der Waals surface area contributed by atoms with Crippen molar-refractivity contribution >= 4 is 11.6 Å². The van der Waals surface area contributed by atoms with Gasteiger partial charge in [-0.15, -0.1) is 0 Å². The Bertz CT molecular complexity index is 1140. The Kier molecular flexibility index (Phi) is 8.28. The topological polar surface area (TPSA) is 43.0 Å². The van der Waals surface area contributed by atoms with Crippen molar-refractivity contribution in [2.45, 2.75) is 18.8 Å². The number of nitrogens with zero attached hydrogens (tertiary/aromatic N) is 1. The van der Waals surface area contributed by atoms with E-state index in [9.17, 15) is 13.2 Å². The minimum absolute atomic E-state index is 0.258. The molecule has 36 heavy (non-hydrogen) atoms. The standard InChI is InChI=1S/C27H28ClF3N2O3/c1-34-23-14-19(15-24(35-2)26(23)36-17-18-6-4-3-5-7-18)25(33-12-10-32-11-13-33)21-16-20(27(29,30)31)8-9-22(21)28/h3-9,14-16,25,32H,10-13,17H2,1-2H3. The van der Waals surface area contributed by atoms with Crippen LogP contribution >= 0.6 is 11.6 Å². The first-order valence-corrected chi connectivity index (χ1v) is 11.9. The van der Waals surface area contributed by atoms with Crippen LogP contribution in [-0.2, 0) is 12.8 Å². The van der Waals surface area contributed by atoms with Crippen molar-refractivity contribution in [2.75, 3.05) is 40.4 Å². The first-order chi connectivity index (χ1) is 17.3. The summed E-state index contributed by atoms with van der Waals surface area (Å²) < 4.78 is 58.2. The summed E-state index contributed by atoms with van der Waals surface area (Å²) >= 11 is 6.51. The van der Waals surface area contributed by atoms with Crippen molar-refractivity contribution in [1.29, 1.82) is 0 Å². The normalized spacial score (nSPS) is 15.4. The van der Waals surface area contributed by atoms with Crippen LogP contribution in [-0.4, -0.2) is 45.3 Å². The van der Waals surface area contributed by atoms with Gasteiger partial charge in [0, 0.05) is 31.2 Å². The zero-order valence-corrected chi connectivity index (χ0v) is 20.8. The molecule has 1 fully saturated rings. The average Bonchev–Trinajstić information content (AvgIpc) is 2.89. The number of hydrogen-bond donors (Lipinski definition) is 1. The van der Waals surface area contributed by atoms with Crippen LogP contribution in [0.2, 0.25) is 5.02 Å². The molecule has 1 aliphatic rings. The fourth-order valence-corrected chi connectivity index (χ4v) is 4.61. The van der Waals surface area contributed by atoms with E-state index in [4.69, 9.17) is 25.8 Å². The monoisotopic (exact) mass is 520 g/mol. The second kappa shape index (κ2) is 11.4. The Morgan fingerprint density at radius 1 is 0.944 bits per heavy atom. The molecule has 4 rings (SSSR count). The van der Waals surface area contributed by atoms with E-state index in [-0.39, 0.29) is 5.02 Å². The predicted octanol–water partition coefficient (Wildman–Crippen LogP) is 5.95. The number of methoxy groups -OCH3 is 2. The largest absolute Gasteiger partial charge is 0.493 e. The minimum Gasteiger partial charge on any atom is -0.493 e. The Hall–Kier alpha value is -2.94. The quantitative estimate of drug-likeness (QED) is 0.397. The maximum Gasteiger partial charge on any atom is 0.416 e. The summed E-state index contributed by atoms with van der Waals surface area (Å²) in [7, 11) is 3.04. The molecule has 0 saturated carbocycles. The van der Waals surface area contributed by atoms with E-state index in [0.29, 0.717) is 61.2 Å². The number of ether oxygens (including phenoxy) is 3. The molecule has 1 unspecified atom stereocenters. The van der Waals surface area contributed by atoms with E-state index in [2.05, 4.69) is 10.2 Å². The Morgan fingerprint density at radius 2 is 1.58 bits per heavy atom. The molecule has 1 heterocycles. The van der Waals surface area contributed by atoms with Crippen LogP contribution in [0.1, 0.15) is 28.3 Å². The molecule has 0 amide bonds. The fraction of sp³-hybridized carbons (Fsp3) is 0.333. The van der Waals surface area contributed by atoms with E-state index in [1.54, 1.807) is 12.1 Å². The highest BCUT2D eigenvalue weighted by atomic mass is 35.5. The highest BCUT2D eigenvalue weighted by Crippen LogP contribution is 2.45. The van der Waals surface area contributed by atoms with Gasteiger partial charge < -0.3 is 19.5 Å². The van der Waals surface area contributed by atoms with Gasteiger partial charge >= 0.3 is 6.18 Å². The van der Waals surface area contributed by atoms with Gasteiger partial charge in [-0.1, -0.05) is 41.9 Å². The molecule has 0 spiro atoms. The van der Waals surface area contributed by atoms with Gasteiger partial charge in [0.1, 0.15) is 6.61 Å². The average molecular weight is 521 g/mol. The highest BCUT2D eigenvalue weighted by Gasteiger charge is 2.34. The molecular formula is C27H28ClF3N2O3. The van der Waals surface area contributed by atoms with Gasteiger partial charge in [-0.2, -0.15) is 13.2 Å². The van der Waals surface area contributed by atoms with Crippen molar-refractivity contribution in [1.82, 2.24) is 10.2 Å². The molecule has 3 aromatic rings. The summed E-state index contributed by atoms with van der Waals surface area (Å²) in [4.78, 5) is 2.11. The van der Waals surface area contributed by atoms with E-state index >= 15 is 0 Å². The lowest BCUT2D eigenvalue weighted by molar-refractivity contribution is -0.137. The van der Waals surface area contributed by atoms with Crippen LogP contribution in [0.5, 0.6) is 17.2 Å². The third-order valence-corrected chi connectivity index (χ3v) is 6.50. The second-order valence-corrected chi connectivity index (χ2v) is 8.86. The number of alkyl halides is 3. The van der Waals surface area contributed by atoms with Crippen LogP contribution in [0, 0.1) is 0 Å². The highest BCUT2D eigenvalue weighted by molar-refractivity contribution is 6.31. The number of halogens is 4. The maximum absolute atomic E-state index is 13.6. The van der Waals surface area contributed by atoms with Gasteiger partial charge in [-0.05, 0) is 47.0 Å². The molecule has 192 valence electrons. The summed E-state index contributed by atoms with van der Waals surface area (Å²) in [5.41, 5.74) is 1.29. The van der Waals surface area contributed by atoms with Crippen LogP contribution in [0.3, 0.4) is 0 Å². The molecule has 0 aromatic heterocycles. The van der Waals surface area contributed by atoms with Crippen LogP contribution in [0.4, 0.5) is 13.2 Å². The zero-order valence-electron chi connectivity index (χ0n) is 20.1. The Balaban J connectivity index is 1.79. The van der Waals surface area contributed by atoms with Crippen molar-refractivity contribution in [3.63, 3.8) is 0 Å². The summed E-state index contributed by atoms with van der Waals surface area (Å²) in [5, 5.41) is 3.54. The number of piperazine rings is 1. The molecule has 5 nitrogen and oxygen atoms in total. The smallest absolute Gasteiger partial charge is 0.416 e. The van der Waals surface area contributed by atoms with Crippen LogP contribution < -0.4 is 19.5 Å². The van der Waals surface area contributed by atoms with Crippen molar-refractivity contribution in [3.8, 4) is 17.2 Å². The van der Waals surface area contributed by atoms with E-state index in [1.807, 2.05) is 30.3 Å². The maximum atomic E-state index is 13.6. The molecule has 1 saturated heterocycles. The molecule has 9 heteroatoms. The first-order valence-electron chi connectivity index (χ1n) is 11.6. The van der Waals surface area contributed by atoms with Crippen LogP contribution in [0.15, 0.2) is 60.7 Å². The molecule has 1 N–H and O–H groups in total. The fourth-order valence-electron chi connectivity index (χ4n) is 4.39. The van der Waals surface area contributed by atoms with Gasteiger partial charge in [0.05, 0.1) is 25.8 Å². The SMILES string of the molecule is COc1cc(C(c2cc(C(F)(F)F)ccc2Cl)N2CCNCC2)cc(OC)c1OCc1ccccc1. The zero-order chi connectivity index (χ0) is 25.7. The summed E-state index contributed by atoms with van der Waals surface area (Å²) in [6, 6.07) is 16.1. The number of rotatable bonds is 8. The number of hydrogen-bond acceptors (Lipinski definition) is 5.